The van der Waals surface area contributed by atoms with Gasteiger partial charge in [0, 0.05) is 33.5 Å². The van der Waals surface area contributed by atoms with Crippen LogP contribution in [0.1, 0.15) is 18.1 Å². The summed E-state index contributed by atoms with van der Waals surface area (Å²) in [6, 6.07) is 10.8. The van der Waals surface area contributed by atoms with Gasteiger partial charge in [-0.2, -0.15) is 0 Å². The molecule has 0 radical (unpaired) electrons. The van der Waals surface area contributed by atoms with E-state index >= 15 is 0 Å². The molecule has 2 aromatic rings. The summed E-state index contributed by atoms with van der Waals surface area (Å²) in [6.07, 6.45) is 1.00. The van der Waals surface area contributed by atoms with Gasteiger partial charge >= 0.3 is 7.82 Å². The van der Waals surface area contributed by atoms with E-state index in [9.17, 15) is 18.9 Å². The van der Waals surface area contributed by atoms with Crippen molar-refractivity contribution in [1.29, 1.82) is 0 Å². The van der Waals surface area contributed by atoms with Crippen molar-refractivity contribution in [2.45, 2.75) is 32.1 Å². The van der Waals surface area contributed by atoms with Crippen molar-refractivity contribution in [3.63, 3.8) is 0 Å². The Kier molecular flexibility index (Phi) is 8.29. The summed E-state index contributed by atoms with van der Waals surface area (Å²) in [6.45, 7) is 6.99. The third-order valence-corrected chi connectivity index (χ3v) is 8.03. The first kappa shape index (κ1) is 29.6. The Morgan fingerprint density at radius 1 is 1.19 bits per heavy atom. The van der Waals surface area contributed by atoms with Gasteiger partial charge in [0.25, 0.3) is 0 Å². The highest BCUT2D eigenvalue weighted by Crippen LogP contribution is 2.38. The number of ether oxygens (including phenoxy) is 1. The number of piperazine rings is 1. The first-order valence-corrected chi connectivity index (χ1v) is 15.0. The number of nitrogens with zero attached hydrogens (tertiary/aromatic N) is 5. The number of hydrogen-bond donors (Lipinski definition) is 2. The van der Waals surface area contributed by atoms with Crippen LogP contribution in [0, 0.1) is 0 Å². The minimum atomic E-state index is -4.73. The number of hydrazine groups is 1. The predicted molar refractivity (Wildman–Crippen MR) is 152 cm³/mol. The van der Waals surface area contributed by atoms with Gasteiger partial charge in [0.1, 0.15) is 30.3 Å². The molecule has 0 saturated carbocycles. The molecule has 13 nitrogen and oxygen atoms in total. The van der Waals surface area contributed by atoms with Crippen molar-refractivity contribution in [3.8, 4) is 11.5 Å². The van der Waals surface area contributed by atoms with Crippen LogP contribution in [0.2, 0.25) is 0 Å². The normalized spacial score (nSPS) is 21.0. The fourth-order valence-corrected chi connectivity index (χ4v) is 6.29. The fraction of sp³-hybridized carbons (Fsp3) is 0.393. The Hall–Kier alpha value is -3.90. The zero-order chi connectivity index (χ0) is 30.2. The molecule has 0 aromatic heterocycles. The second kappa shape index (κ2) is 11.8. The van der Waals surface area contributed by atoms with Crippen molar-refractivity contribution >= 4 is 31.2 Å². The van der Waals surface area contributed by atoms with Gasteiger partial charge in [-0.3, -0.25) is 29.2 Å². The summed E-state index contributed by atoms with van der Waals surface area (Å²) < 4.78 is 21.7. The molecule has 0 aliphatic carbocycles. The molecule has 224 valence electrons. The molecule has 3 aliphatic heterocycles. The lowest BCUT2D eigenvalue weighted by Crippen LogP contribution is -2.75. The second-order valence-corrected chi connectivity index (χ2v) is 11.6. The van der Waals surface area contributed by atoms with E-state index in [2.05, 4.69) is 16.0 Å². The molecule has 14 heteroatoms. The molecular formula is C28H34N5O8P. The third kappa shape index (κ3) is 6.00. The average Bonchev–Trinajstić information content (AvgIpc) is 2.91. The maximum Gasteiger partial charge on any atom is 0.524 e. The number of carbonyl (C=O) groups excluding carboxylic acids is 3. The zero-order valence-corrected chi connectivity index (χ0v) is 24.4. The van der Waals surface area contributed by atoms with Gasteiger partial charge in [0.15, 0.2) is 0 Å². The van der Waals surface area contributed by atoms with E-state index in [1.54, 1.807) is 28.1 Å². The van der Waals surface area contributed by atoms with Gasteiger partial charge in [0.2, 0.25) is 17.7 Å². The van der Waals surface area contributed by atoms with E-state index in [0.29, 0.717) is 18.7 Å². The van der Waals surface area contributed by atoms with Crippen LogP contribution in [0.25, 0.3) is 0 Å². The van der Waals surface area contributed by atoms with Crippen molar-refractivity contribution in [2.24, 2.45) is 0 Å². The highest BCUT2D eigenvalue weighted by Gasteiger charge is 2.50. The molecule has 2 saturated heterocycles. The summed E-state index contributed by atoms with van der Waals surface area (Å²) in [5.41, 5.74) is 2.43. The summed E-state index contributed by atoms with van der Waals surface area (Å²) in [5.74, 6) is -0.121. The number of para-hydroxylation sites is 1. The van der Waals surface area contributed by atoms with Gasteiger partial charge in [0.05, 0.1) is 25.3 Å². The Labute approximate surface area is 243 Å². The van der Waals surface area contributed by atoms with Crippen molar-refractivity contribution in [3.05, 3.63) is 66.2 Å². The second-order valence-electron chi connectivity index (χ2n) is 10.5. The van der Waals surface area contributed by atoms with Gasteiger partial charge < -0.3 is 24.0 Å². The average molecular weight is 600 g/mol. The van der Waals surface area contributed by atoms with Crippen LogP contribution in [0.4, 0.5) is 5.69 Å². The highest BCUT2D eigenvalue weighted by atomic mass is 31.2. The molecule has 2 atom stereocenters. The maximum absolute atomic E-state index is 14.1. The van der Waals surface area contributed by atoms with Crippen LogP contribution in [0.15, 0.2) is 55.1 Å². The summed E-state index contributed by atoms with van der Waals surface area (Å²) in [4.78, 5) is 64.1. The number of carbonyl (C=O) groups is 3. The molecule has 3 amide bonds. The van der Waals surface area contributed by atoms with E-state index in [0.717, 1.165) is 17.0 Å². The maximum atomic E-state index is 14.1. The van der Waals surface area contributed by atoms with Crippen molar-refractivity contribution < 1.29 is 38.0 Å². The Bertz CT molecular complexity index is 1430. The third-order valence-electron chi connectivity index (χ3n) is 7.58. The molecule has 3 heterocycles. The van der Waals surface area contributed by atoms with Crippen LogP contribution in [-0.2, 0) is 31.9 Å². The van der Waals surface area contributed by atoms with Crippen molar-refractivity contribution in [2.75, 3.05) is 44.7 Å². The highest BCUT2D eigenvalue weighted by molar-refractivity contribution is 7.46. The number of hydrogen-bond acceptors (Lipinski definition) is 8. The Morgan fingerprint density at radius 2 is 1.93 bits per heavy atom. The number of fused-ring (bicyclic) bond motifs is 2. The molecule has 0 bridgehead atoms. The minimum Gasteiger partial charge on any atom is -0.490 e. The Balaban J connectivity index is 1.50. The number of phosphoric ester groups is 1. The summed E-state index contributed by atoms with van der Waals surface area (Å²) in [5, 5.41) is 3.17. The molecule has 0 unspecified atom stereocenters. The fourth-order valence-electron chi connectivity index (χ4n) is 5.89. The molecule has 5 rings (SSSR count). The van der Waals surface area contributed by atoms with E-state index in [1.165, 1.54) is 29.0 Å². The quantitative estimate of drug-likeness (QED) is 0.337. The molecule has 42 heavy (non-hydrogen) atoms. The molecule has 2 N–H and O–H groups in total. The van der Waals surface area contributed by atoms with Crippen LogP contribution >= 0.6 is 7.82 Å². The number of anilines is 1. The van der Waals surface area contributed by atoms with Crippen LogP contribution in [0.3, 0.4) is 0 Å². The van der Waals surface area contributed by atoms with Gasteiger partial charge in [-0.1, -0.05) is 30.3 Å². The number of rotatable bonds is 8. The number of amides is 3. The molecule has 2 fully saturated rings. The van der Waals surface area contributed by atoms with E-state index in [4.69, 9.17) is 14.5 Å². The van der Waals surface area contributed by atoms with Gasteiger partial charge in [-0.15, -0.1) is 6.58 Å². The minimum absolute atomic E-state index is 0.0291. The molecule has 2 aromatic carbocycles. The lowest BCUT2D eigenvalue weighted by atomic mass is 9.98. The Morgan fingerprint density at radius 3 is 2.60 bits per heavy atom. The zero-order valence-electron chi connectivity index (χ0n) is 23.5. The molecular weight excluding hydrogens is 565 g/mol. The van der Waals surface area contributed by atoms with Gasteiger partial charge in [-0.25, -0.2) is 9.57 Å². The smallest absolute Gasteiger partial charge is 0.490 e. The number of benzene rings is 2. The van der Waals surface area contributed by atoms with Crippen molar-refractivity contribution in [1.82, 2.24) is 19.8 Å². The first-order chi connectivity index (χ1) is 20.0. The number of likely N-dealkylation sites (N-methyl/N-ethyl adjacent to an activating group) is 1. The van der Waals surface area contributed by atoms with Gasteiger partial charge in [-0.05, 0) is 29.3 Å². The largest absolute Gasteiger partial charge is 0.524 e. The molecule has 3 aliphatic rings. The predicted octanol–water partition coefficient (Wildman–Crippen LogP) is 1.36. The standard InChI is InChI=1S/C28H34N5O8P/c1-4-12-31-18-26(35)32-23(15-20-8-10-22(11-9-20)41-42(37,38)39)28(36)30(17-25(32)33(31)19(2)34)16-21-6-5-7-24-27(21)29(3)13-14-40-24/h4-11,23,25H,1,12-18H2,2-3H3,(H2,37,38,39)/t23-,25-/m0/s1. The monoisotopic (exact) mass is 599 g/mol. The van der Waals surface area contributed by atoms with E-state index in [1.807, 2.05) is 25.2 Å². The summed E-state index contributed by atoms with van der Waals surface area (Å²) >= 11 is 0. The topological polar surface area (TPSA) is 143 Å². The van der Waals surface area contributed by atoms with Crippen LogP contribution < -0.4 is 14.2 Å². The number of phosphoric acid groups is 1. The van der Waals surface area contributed by atoms with Crippen LogP contribution in [0.5, 0.6) is 11.5 Å². The lowest BCUT2D eigenvalue weighted by molar-refractivity contribution is -0.204. The van der Waals surface area contributed by atoms with E-state index < -0.39 is 20.0 Å². The summed E-state index contributed by atoms with van der Waals surface area (Å²) in [7, 11) is -2.76. The molecule has 0 spiro atoms. The van der Waals surface area contributed by atoms with Crippen LogP contribution in [-0.4, -0.2) is 99.4 Å². The van der Waals surface area contributed by atoms with E-state index in [-0.39, 0.29) is 56.1 Å². The first-order valence-electron chi connectivity index (χ1n) is 13.5. The lowest BCUT2D eigenvalue weighted by Gasteiger charge is -2.55. The SMILES string of the molecule is C=CCN1CC(=O)N2[C@@H](Cc3ccc(OP(=O)(O)O)cc3)C(=O)N(Cc3cccc4c3N(C)CCO4)C[C@@H]2N1C(C)=O.